The number of nitrogens with zero attached hydrogens (tertiary/aromatic N) is 3. The lowest BCUT2D eigenvalue weighted by Gasteiger charge is -2.27. The molecule has 198 valence electrons. The van der Waals surface area contributed by atoms with Crippen LogP contribution >= 0.6 is 11.3 Å². The van der Waals surface area contributed by atoms with Crippen LogP contribution in [0.2, 0.25) is 0 Å². The normalized spacial score (nSPS) is 14.0. The number of thiophene rings is 1. The molecule has 38 heavy (non-hydrogen) atoms. The van der Waals surface area contributed by atoms with Gasteiger partial charge in [0.2, 0.25) is 0 Å². The smallest absolute Gasteiger partial charge is 0.253 e. The van der Waals surface area contributed by atoms with E-state index in [0.717, 1.165) is 17.2 Å². The van der Waals surface area contributed by atoms with Crippen LogP contribution in [0.3, 0.4) is 0 Å². The van der Waals surface area contributed by atoms with E-state index in [0.29, 0.717) is 35.1 Å². The Bertz CT molecular complexity index is 1460. The van der Waals surface area contributed by atoms with Gasteiger partial charge in [-0.25, -0.2) is 9.37 Å². The molecule has 0 fully saturated rings. The lowest BCUT2D eigenvalue weighted by molar-refractivity contribution is -0.128. The number of aromatic nitrogens is 2. The first-order valence-electron chi connectivity index (χ1n) is 11.8. The Morgan fingerprint density at radius 2 is 2.03 bits per heavy atom. The second kappa shape index (κ2) is 10.6. The zero-order valence-corrected chi connectivity index (χ0v) is 21.9. The number of aliphatic hydroxyl groups is 1. The van der Waals surface area contributed by atoms with E-state index in [1.165, 1.54) is 18.2 Å². The molecule has 0 bridgehead atoms. The van der Waals surface area contributed by atoms with Gasteiger partial charge in [0.1, 0.15) is 22.5 Å². The molecule has 2 amide bonds. The molecule has 0 saturated heterocycles. The number of nitrogens with two attached hydrogens (primary N) is 2. The van der Waals surface area contributed by atoms with Crippen molar-refractivity contribution in [3.05, 3.63) is 95.6 Å². The van der Waals surface area contributed by atoms with Crippen molar-refractivity contribution in [3.8, 4) is 10.4 Å². The van der Waals surface area contributed by atoms with Gasteiger partial charge in [0.25, 0.3) is 11.8 Å². The number of hydrogen-bond acceptors (Lipinski definition) is 7. The van der Waals surface area contributed by atoms with Gasteiger partial charge in [0.15, 0.2) is 0 Å². The average Bonchev–Trinajstić information content (AvgIpc) is 3.49. The summed E-state index contributed by atoms with van der Waals surface area (Å²) in [6.07, 6.45) is 8.23. The summed E-state index contributed by atoms with van der Waals surface area (Å²) in [5.41, 5.74) is 11.5. The van der Waals surface area contributed by atoms with Crippen molar-refractivity contribution in [2.75, 3.05) is 11.9 Å². The number of rotatable bonds is 8. The molecule has 6 N–H and O–H groups in total. The predicted molar refractivity (Wildman–Crippen MR) is 145 cm³/mol. The van der Waals surface area contributed by atoms with Crippen molar-refractivity contribution in [3.63, 3.8) is 0 Å². The molecule has 0 unspecified atom stereocenters. The molecule has 1 aliphatic heterocycles. The summed E-state index contributed by atoms with van der Waals surface area (Å²) in [6, 6.07) is 5.92. The van der Waals surface area contributed by atoms with Crippen molar-refractivity contribution in [1.29, 1.82) is 0 Å². The Morgan fingerprint density at radius 3 is 2.71 bits per heavy atom. The largest absolute Gasteiger partial charge is 0.386 e. The number of benzene rings is 1. The highest BCUT2D eigenvalue weighted by atomic mass is 32.1. The highest BCUT2D eigenvalue weighted by Gasteiger charge is 2.23. The highest BCUT2D eigenvalue weighted by molar-refractivity contribution is 7.19. The monoisotopic (exact) mass is 536 g/mol. The van der Waals surface area contributed by atoms with Gasteiger partial charge in [-0.1, -0.05) is 24.8 Å². The molecular formula is C27H29FN6O3S. The Morgan fingerprint density at radius 1 is 1.26 bits per heavy atom. The third-order valence-electron chi connectivity index (χ3n) is 6.08. The van der Waals surface area contributed by atoms with Crippen molar-refractivity contribution in [1.82, 2.24) is 14.5 Å². The summed E-state index contributed by atoms with van der Waals surface area (Å²) in [6.45, 7) is 8.64. The van der Waals surface area contributed by atoms with E-state index in [2.05, 4.69) is 16.9 Å². The number of imidazole rings is 1. The van der Waals surface area contributed by atoms with Crippen LogP contribution in [0.1, 0.15) is 35.6 Å². The summed E-state index contributed by atoms with van der Waals surface area (Å²) >= 11 is 1.11. The zero-order valence-electron chi connectivity index (χ0n) is 21.1. The molecule has 1 aliphatic rings. The minimum absolute atomic E-state index is 0.152. The van der Waals surface area contributed by atoms with E-state index in [1.807, 2.05) is 10.8 Å². The minimum Gasteiger partial charge on any atom is -0.386 e. The summed E-state index contributed by atoms with van der Waals surface area (Å²) in [5, 5.41) is 13.4. The molecule has 3 aromatic rings. The van der Waals surface area contributed by atoms with Gasteiger partial charge in [-0.15, -0.1) is 11.3 Å². The number of fused-ring (bicyclic) bond motifs is 1. The molecule has 2 aromatic heterocycles. The minimum atomic E-state index is -1.19. The Kier molecular flexibility index (Phi) is 7.51. The quantitative estimate of drug-likeness (QED) is 0.257. The number of halogens is 1. The zero-order chi connectivity index (χ0) is 27.6. The van der Waals surface area contributed by atoms with Crippen molar-refractivity contribution >= 4 is 28.2 Å². The van der Waals surface area contributed by atoms with Gasteiger partial charge in [-0.2, -0.15) is 0 Å². The summed E-state index contributed by atoms with van der Waals surface area (Å²) in [4.78, 5) is 31.2. The molecular weight excluding hydrogens is 507 g/mol. The third-order valence-corrected chi connectivity index (χ3v) is 7.16. The highest BCUT2D eigenvalue weighted by Crippen LogP contribution is 2.38. The fourth-order valence-electron chi connectivity index (χ4n) is 3.96. The third kappa shape index (κ3) is 5.84. The van der Waals surface area contributed by atoms with E-state index in [1.54, 1.807) is 49.2 Å². The van der Waals surface area contributed by atoms with Crippen LogP contribution in [0.15, 0.2) is 72.9 Å². The topological polar surface area (TPSA) is 140 Å². The van der Waals surface area contributed by atoms with E-state index >= 15 is 0 Å². The molecule has 0 atom stereocenters. The predicted octanol–water partition coefficient (Wildman–Crippen LogP) is 3.44. The van der Waals surface area contributed by atoms with Gasteiger partial charge in [0.05, 0.1) is 17.7 Å². The molecule has 4 rings (SSSR count). The Balaban J connectivity index is 1.45. The molecule has 3 heterocycles. The number of hydrogen-bond donors (Lipinski definition) is 4. The molecule has 1 aromatic carbocycles. The Labute approximate surface area is 223 Å². The van der Waals surface area contributed by atoms with Crippen LogP contribution in [0.25, 0.3) is 10.4 Å². The van der Waals surface area contributed by atoms with E-state index < -0.39 is 17.3 Å². The fourth-order valence-corrected chi connectivity index (χ4v) is 5.07. The van der Waals surface area contributed by atoms with Gasteiger partial charge in [-0.3, -0.25) is 9.59 Å². The van der Waals surface area contributed by atoms with Gasteiger partial charge < -0.3 is 31.4 Å². The molecule has 9 nitrogen and oxygen atoms in total. The standard InChI is InChI=1S/C27H29FN6O3S/c1-16(26(36)34-12-11-33-10-9-31-23(33)15-34)5-4-6-22(29)32-25-19(24(30)35)14-21(38-25)18-8-7-17(13-20(18)28)27(2,3)37/h4-10,13-14,32,37H,1,11-12,15,29H2,2-3H3,(H2,30,35)/b5-4-,22-6+. The van der Waals surface area contributed by atoms with Crippen molar-refractivity contribution in [2.24, 2.45) is 11.5 Å². The first kappa shape index (κ1) is 26.8. The van der Waals surface area contributed by atoms with E-state index in [4.69, 9.17) is 11.5 Å². The number of carbonyl (C=O) groups excluding carboxylic acids is 2. The molecule has 0 radical (unpaired) electrons. The average molecular weight is 537 g/mol. The number of carbonyl (C=O) groups is 2. The van der Waals surface area contributed by atoms with Gasteiger partial charge in [0, 0.05) is 41.5 Å². The number of primary amides is 1. The molecule has 0 saturated carbocycles. The van der Waals surface area contributed by atoms with Crippen LogP contribution in [-0.4, -0.2) is 37.9 Å². The maximum Gasteiger partial charge on any atom is 0.253 e. The lowest BCUT2D eigenvalue weighted by atomic mass is 9.96. The van der Waals surface area contributed by atoms with Crippen LogP contribution in [-0.2, 0) is 23.5 Å². The van der Waals surface area contributed by atoms with E-state index in [-0.39, 0.29) is 28.4 Å². The van der Waals surface area contributed by atoms with Crippen LogP contribution < -0.4 is 16.8 Å². The van der Waals surface area contributed by atoms with E-state index in [9.17, 15) is 19.1 Å². The molecule has 11 heteroatoms. The summed E-state index contributed by atoms with van der Waals surface area (Å²) < 4.78 is 16.8. The first-order chi connectivity index (χ1) is 17.9. The summed E-state index contributed by atoms with van der Waals surface area (Å²) in [7, 11) is 0. The van der Waals surface area contributed by atoms with Crippen LogP contribution in [0, 0.1) is 5.82 Å². The summed E-state index contributed by atoms with van der Waals surface area (Å²) in [5.74, 6) is -0.445. The van der Waals surface area contributed by atoms with Gasteiger partial charge >= 0.3 is 0 Å². The second-order valence-corrected chi connectivity index (χ2v) is 10.4. The number of amides is 2. The fraction of sp³-hybridized carbons (Fsp3) is 0.222. The maximum absolute atomic E-state index is 14.8. The van der Waals surface area contributed by atoms with Crippen molar-refractivity contribution in [2.45, 2.75) is 32.5 Å². The first-order valence-corrected chi connectivity index (χ1v) is 12.6. The molecule has 0 spiro atoms. The maximum atomic E-state index is 14.8. The molecule has 0 aliphatic carbocycles. The van der Waals surface area contributed by atoms with Crippen LogP contribution in [0.5, 0.6) is 0 Å². The van der Waals surface area contributed by atoms with Crippen LogP contribution in [0.4, 0.5) is 9.39 Å². The van der Waals surface area contributed by atoms with Crippen molar-refractivity contribution < 1.29 is 19.1 Å². The number of anilines is 1. The van der Waals surface area contributed by atoms with Gasteiger partial charge in [-0.05, 0) is 43.7 Å². The number of nitrogens with one attached hydrogen (secondary N) is 1. The Hall–Kier alpha value is -4.22. The SMILES string of the molecule is C=C(/C=C\C=C(/N)Nc1sc(-c2ccc(C(C)(C)O)cc2F)cc1C(N)=O)C(=O)N1CCn2ccnc2C1. The second-order valence-electron chi connectivity index (χ2n) is 9.37. The number of allylic oxidation sites excluding steroid dienone is 2. The lowest BCUT2D eigenvalue weighted by Crippen LogP contribution is -2.38.